The van der Waals surface area contributed by atoms with Crippen molar-refractivity contribution in [2.45, 2.75) is 6.92 Å². The van der Waals surface area contributed by atoms with E-state index in [0.717, 1.165) is 16.7 Å². The molecular weight excluding hydrogens is 271 g/mol. The number of carboxylic acids is 1. The van der Waals surface area contributed by atoms with Gasteiger partial charge in [0.2, 0.25) is 0 Å². The second kappa shape index (κ2) is 5.01. The molecule has 0 heterocycles. The fourth-order valence-electron chi connectivity index (χ4n) is 1.78. The third-order valence-electron chi connectivity index (χ3n) is 2.70. The van der Waals surface area contributed by atoms with Gasteiger partial charge in [0.25, 0.3) is 0 Å². The van der Waals surface area contributed by atoms with Crippen LogP contribution < -0.4 is 0 Å². The fraction of sp³-hybridized carbons (Fsp3) is 0.0714. The summed E-state index contributed by atoms with van der Waals surface area (Å²) in [6, 6.07) is 10.3. The summed E-state index contributed by atoms with van der Waals surface area (Å²) >= 11 is 11.8. The smallest absolute Gasteiger partial charge is 0.335 e. The molecule has 0 amide bonds. The molecule has 1 N–H and O–H groups in total. The van der Waals surface area contributed by atoms with Crippen LogP contribution in [0.5, 0.6) is 0 Å². The van der Waals surface area contributed by atoms with E-state index < -0.39 is 5.97 Å². The van der Waals surface area contributed by atoms with E-state index in [1.807, 2.05) is 13.0 Å². The maximum Gasteiger partial charge on any atom is 0.335 e. The molecule has 0 aliphatic heterocycles. The zero-order valence-corrected chi connectivity index (χ0v) is 11.1. The molecule has 0 aliphatic rings. The predicted molar refractivity (Wildman–Crippen MR) is 73.6 cm³/mol. The molecule has 4 heteroatoms. The minimum absolute atomic E-state index is 0.274. The van der Waals surface area contributed by atoms with Gasteiger partial charge < -0.3 is 5.11 Å². The van der Waals surface area contributed by atoms with Crippen LogP contribution in [0.2, 0.25) is 10.0 Å². The summed E-state index contributed by atoms with van der Waals surface area (Å²) in [7, 11) is 0. The Kier molecular flexibility index (Phi) is 3.60. The molecule has 0 saturated carbocycles. The molecule has 0 atom stereocenters. The second-order valence-electron chi connectivity index (χ2n) is 3.96. The van der Waals surface area contributed by atoms with Crippen molar-refractivity contribution in [2.24, 2.45) is 0 Å². The van der Waals surface area contributed by atoms with Crippen molar-refractivity contribution in [1.29, 1.82) is 0 Å². The normalized spacial score (nSPS) is 10.4. The van der Waals surface area contributed by atoms with Gasteiger partial charge in [0.05, 0.1) is 15.6 Å². The van der Waals surface area contributed by atoms with E-state index in [4.69, 9.17) is 28.3 Å². The Morgan fingerprint density at radius 2 is 1.78 bits per heavy atom. The van der Waals surface area contributed by atoms with Crippen LogP contribution in [-0.2, 0) is 0 Å². The molecule has 0 bridgehead atoms. The number of carboxylic acid groups (broad SMARTS) is 1. The topological polar surface area (TPSA) is 37.3 Å². The van der Waals surface area contributed by atoms with Crippen LogP contribution in [0.3, 0.4) is 0 Å². The molecule has 92 valence electrons. The van der Waals surface area contributed by atoms with Crippen LogP contribution in [0.4, 0.5) is 0 Å². The number of aryl methyl sites for hydroxylation is 1. The first-order valence-electron chi connectivity index (χ1n) is 5.28. The van der Waals surface area contributed by atoms with Gasteiger partial charge in [-0.25, -0.2) is 4.79 Å². The molecule has 0 spiro atoms. The highest BCUT2D eigenvalue weighted by atomic mass is 35.5. The van der Waals surface area contributed by atoms with Crippen LogP contribution in [-0.4, -0.2) is 11.1 Å². The molecule has 0 fully saturated rings. The molecule has 0 aromatic heterocycles. The highest BCUT2D eigenvalue weighted by Crippen LogP contribution is 2.30. The fourth-order valence-corrected chi connectivity index (χ4v) is 2.08. The third-order valence-corrected chi connectivity index (χ3v) is 3.44. The van der Waals surface area contributed by atoms with E-state index in [9.17, 15) is 4.79 Å². The van der Waals surface area contributed by atoms with Crippen LogP contribution in [0.25, 0.3) is 11.1 Å². The van der Waals surface area contributed by atoms with Crippen LogP contribution in [0, 0.1) is 6.92 Å². The molecule has 2 aromatic carbocycles. The van der Waals surface area contributed by atoms with Gasteiger partial charge in [-0.1, -0.05) is 35.3 Å². The summed E-state index contributed by atoms with van der Waals surface area (Å²) in [6.07, 6.45) is 0. The first kappa shape index (κ1) is 12.9. The Bertz CT molecular complexity index is 621. The Morgan fingerprint density at radius 1 is 1.06 bits per heavy atom. The maximum atomic E-state index is 10.9. The molecule has 0 unspecified atom stereocenters. The number of rotatable bonds is 2. The van der Waals surface area contributed by atoms with E-state index in [-0.39, 0.29) is 5.56 Å². The average molecular weight is 281 g/mol. The van der Waals surface area contributed by atoms with Crippen molar-refractivity contribution in [3.05, 3.63) is 57.6 Å². The average Bonchev–Trinajstić information content (AvgIpc) is 2.32. The standard InChI is InChI=1S/C14H10Cl2O2/c1-8-6-10(14(17)18)2-4-11(8)9-3-5-12(15)13(16)7-9/h2-7H,1H3,(H,17,18). The van der Waals surface area contributed by atoms with Crippen LogP contribution in [0.1, 0.15) is 15.9 Å². The SMILES string of the molecule is Cc1cc(C(=O)O)ccc1-c1ccc(Cl)c(Cl)c1. The summed E-state index contributed by atoms with van der Waals surface area (Å²) in [5, 5.41) is 9.90. The summed E-state index contributed by atoms with van der Waals surface area (Å²) < 4.78 is 0. The lowest BCUT2D eigenvalue weighted by Crippen LogP contribution is -1.97. The lowest BCUT2D eigenvalue weighted by Gasteiger charge is -2.08. The van der Waals surface area contributed by atoms with Gasteiger partial charge in [0, 0.05) is 0 Å². The van der Waals surface area contributed by atoms with E-state index in [1.165, 1.54) is 0 Å². The lowest BCUT2D eigenvalue weighted by molar-refractivity contribution is 0.0697. The Hall–Kier alpha value is -1.51. The third kappa shape index (κ3) is 2.50. The van der Waals surface area contributed by atoms with Crippen LogP contribution in [0.15, 0.2) is 36.4 Å². The number of benzene rings is 2. The quantitative estimate of drug-likeness (QED) is 0.868. The van der Waals surface area contributed by atoms with Crippen molar-refractivity contribution >= 4 is 29.2 Å². The minimum atomic E-state index is -0.932. The first-order valence-corrected chi connectivity index (χ1v) is 6.04. The Labute approximate surface area is 115 Å². The predicted octanol–water partition coefficient (Wildman–Crippen LogP) is 4.67. The van der Waals surface area contributed by atoms with E-state index >= 15 is 0 Å². The zero-order chi connectivity index (χ0) is 13.3. The molecule has 2 aromatic rings. The molecule has 2 nitrogen and oxygen atoms in total. The highest BCUT2D eigenvalue weighted by Gasteiger charge is 2.08. The number of carbonyl (C=O) groups is 1. The van der Waals surface area contributed by atoms with Crippen molar-refractivity contribution in [3.63, 3.8) is 0 Å². The second-order valence-corrected chi connectivity index (χ2v) is 4.78. The lowest BCUT2D eigenvalue weighted by atomic mass is 9.98. The first-order chi connectivity index (χ1) is 8.49. The van der Waals surface area contributed by atoms with Gasteiger partial charge in [-0.3, -0.25) is 0 Å². The minimum Gasteiger partial charge on any atom is -0.478 e. The molecule has 0 radical (unpaired) electrons. The van der Waals surface area contributed by atoms with Crippen molar-refractivity contribution in [1.82, 2.24) is 0 Å². The number of halogens is 2. The molecule has 18 heavy (non-hydrogen) atoms. The van der Waals surface area contributed by atoms with E-state index in [1.54, 1.807) is 30.3 Å². The largest absolute Gasteiger partial charge is 0.478 e. The van der Waals surface area contributed by atoms with E-state index in [2.05, 4.69) is 0 Å². The van der Waals surface area contributed by atoms with Gasteiger partial charge in [-0.05, 0) is 47.9 Å². The Morgan fingerprint density at radius 3 is 2.33 bits per heavy atom. The summed E-state index contributed by atoms with van der Waals surface area (Å²) in [6.45, 7) is 1.87. The summed E-state index contributed by atoms with van der Waals surface area (Å²) in [4.78, 5) is 10.9. The Balaban J connectivity index is 2.51. The molecular formula is C14H10Cl2O2. The number of hydrogen-bond donors (Lipinski definition) is 1. The number of hydrogen-bond acceptors (Lipinski definition) is 1. The van der Waals surface area contributed by atoms with Crippen molar-refractivity contribution < 1.29 is 9.90 Å². The zero-order valence-electron chi connectivity index (χ0n) is 9.58. The monoisotopic (exact) mass is 280 g/mol. The van der Waals surface area contributed by atoms with Crippen LogP contribution >= 0.6 is 23.2 Å². The summed E-state index contributed by atoms with van der Waals surface area (Å²) in [5.74, 6) is -0.932. The van der Waals surface area contributed by atoms with Gasteiger partial charge in [0.15, 0.2) is 0 Å². The van der Waals surface area contributed by atoms with Gasteiger partial charge in [-0.15, -0.1) is 0 Å². The number of aromatic carboxylic acids is 1. The maximum absolute atomic E-state index is 10.9. The highest BCUT2D eigenvalue weighted by molar-refractivity contribution is 6.42. The van der Waals surface area contributed by atoms with Gasteiger partial charge in [0.1, 0.15) is 0 Å². The summed E-state index contributed by atoms with van der Waals surface area (Å²) in [5.41, 5.74) is 3.02. The van der Waals surface area contributed by atoms with Crippen molar-refractivity contribution in [2.75, 3.05) is 0 Å². The van der Waals surface area contributed by atoms with E-state index in [0.29, 0.717) is 10.0 Å². The van der Waals surface area contributed by atoms with Crippen molar-refractivity contribution in [3.8, 4) is 11.1 Å². The molecule has 2 rings (SSSR count). The molecule has 0 saturated heterocycles. The molecule has 0 aliphatic carbocycles. The van der Waals surface area contributed by atoms with Gasteiger partial charge in [-0.2, -0.15) is 0 Å². The van der Waals surface area contributed by atoms with Gasteiger partial charge >= 0.3 is 5.97 Å².